The second kappa shape index (κ2) is 6.75. The SMILES string of the molecule is COc1cc(CNC(=O)OCc2ccccc2)sn1. The molecule has 0 aliphatic carbocycles. The normalized spacial score (nSPS) is 9.95. The van der Waals surface area contributed by atoms with Gasteiger partial charge in [-0.3, -0.25) is 0 Å². The quantitative estimate of drug-likeness (QED) is 0.913. The zero-order chi connectivity index (χ0) is 13.5. The van der Waals surface area contributed by atoms with Gasteiger partial charge in [-0.25, -0.2) is 4.79 Å². The van der Waals surface area contributed by atoms with Crippen LogP contribution in [0.15, 0.2) is 36.4 Å². The molecule has 1 amide bonds. The number of methoxy groups -OCH3 is 1. The molecule has 19 heavy (non-hydrogen) atoms. The minimum Gasteiger partial charge on any atom is -0.480 e. The van der Waals surface area contributed by atoms with E-state index in [-0.39, 0.29) is 6.61 Å². The maximum Gasteiger partial charge on any atom is 0.407 e. The van der Waals surface area contributed by atoms with Crippen molar-refractivity contribution in [3.63, 3.8) is 0 Å². The Labute approximate surface area is 115 Å². The summed E-state index contributed by atoms with van der Waals surface area (Å²) < 4.78 is 14.1. The monoisotopic (exact) mass is 278 g/mol. The minimum atomic E-state index is -0.448. The molecule has 2 rings (SSSR count). The van der Waals surface area contributed by atoms with Crippen molar-refractivity contribution in [3.8, 4) is 5.88 Å². The lowest BCUT2D eigenvalue weighted by atomic mass is 10.2. The summed E-state index contributed by atoms with van der Waals surface area (Å²) in [6.45, 7) is 0.646. The van der Waals surface area contributed by atoms with Gasteiger partial charge in [-0.15, -0.1) is 0 Å². The number of ether oxygens (including phenoxy) is 2. The lowest BCUT2D eigenvalue weighted by Gasteiger charge is -2.05. The van der Waals surface area contributed by atoms with E-state index in [0.717, 1.165) is 10.4 Å². The van der Waals surface area contributed by atoms with Gasteiger partial charge in [-0.1, -0.05) is 30.3 Å². The number of nitrogens with one attached hydrogen (secondary N) is 1. The third-order valence-electron chi connectivity index (χ3n) is 2.37. The van der Waals surface area contributed by atoms with Gasteiger partial charge >= 0.3 is 6.09 Å². The van der Waals surface area contributed by atoms with E-state index >= 15 is 0 Å². The highest BCUT2D eigenvalue weighted by molar-refractivity contribution is 7.05. The van der Waals surface area contributed by atoms with E-state index in [2.05, 4.69) is 9.69 Å². The number of carbonyl (C=O) groups is 1. The molecule has 0 spiro atoms. The van der Waals surface area contributed by atoms with Gasteiger partial charge < -0.3 is 14.8 Å². The van der Waals surface area contributed by atoms with Crippen molar-refractivity contribution in [2.24, 2.45) is 0 Å². The number of alkyl carbamates (subject to hydrolysis) is 1. The van der Waals surface area contributed by atoms with Crippen LogP contribution >= 0.6 is 11.5 Å². The van der Waals surface area contributed by atoms with E-state index in [1.807, 2.05) is 30.3 Å². The highest BCUT2D eigenvalue weighted by Gasteiger charge is 2.05. The van der Waals surface area contributed by atoms with Crippen molar-refractivity contribution in [2.45, 2.75) is 13.2 Å². The highest BCUT2D eigenvalue weighted by Crippen LogP contribution is 2.15. The molecular weight excluding hydrogens is 264 g/mol. The molecule has 0 radical (unpaired) electrons. The van der Waals surface area contributed by atoms with Crippen LogP contribution in [0, 0.1) is 0 Å². The summed E-state index contributed by atoms with van der Waals surface area (Å²) >= 11 is 1.29. The fourth-order valence-electron chi connectivity index (χ4n) is 1.41. The van der Waals surface area contributed by atoms with Crippen molar-refractivity contribution in [3.05, 3.63) is 46.8 Å². The first kappa shape index (κ1) is 13.4. The molecular formula is C13H14N2O3S. The highest BCUT2D eigenvalue weighted by atomic mass is 32.1. The predicted octanol–water partition coefficient (Wildman–Crippen LogP) is 2.58. The molecule has 0 saturated carbocycles. The molecule has 0 aliphatic heterocycles. The van der Waals surface area contributed by atoms with Crippen molar-refractivity contribution < 1.29 is 14.3 Å². The number of rotatable bonds is 5. The van der Waals surface area contributed by atoms with Crippen LogP contribution in [0.1, 0.15) is 10.4 Å². The van der Waals surface area contributed by atoms with Gasteiger partial charge in [0.1, 0.15) is 6.61 Å². The Hall–Kier alpha value is -2.08. The fraction of sp³-hybridized carbons (Fsp3) is 0.231. The van der Waals surface area contributed by atoms with Gasteiger partial charge in [0.15, 0.2) is 0 Å². The second-order valence-electron chi connectivity index (χ2n) is 3.75. The molecule has 100 valence electrons. The topological polar surface area (TPSA) is 60.5 Å². The molecule has 0 aliphatic rings. The molecule has 0 fully saturated rings. The molecule has 0 bridgehead atoms. The first-order valence-electron chi connectivity index (χ1n) is 5.72. The van der Waals surface area contributed by atoms with Crippen LogP contribution in [0.5, 0.6) is 5.88 Å². The number of benzene rings is 1. The summed E-state index contributed by atoms with van der Waals surface area (Å²) in [6.07, 6.45) is -0.448. The second-order valence-corrected chi connectivity index (χ2v) is 4.64. The van der Waals surface area contributed by atoms with E-state index in [1.54, 1.807) is 13.2 Å². The summed E-state index contributed by atoms with van der Waals surface area (Å²) in [5.41, 5.74) is 0.956. The van der Waals surface area contributed by atoms with Crippen LogP contribution in [0.2, 0.25) is 0 Å². The molecule has 1 heterocycles. The number of hydrogen-bond acceptors (Lipinski definition) is 5. The molecule has 2 aromatic rings. The number of carbonyl (C=O) groups excluding carboxylic acids is 1. The standard InChI is InChI=1S/C13H14N2O3S/c1-17-12-7-11(19-15-12)8-14-13(16)18-9-10-5-3-2-4-6-10/h2-7H,8-9H2,1H3,(H,14,16). The van der Waals surface area contributed by atoms with Crippen LogP contribution < -0.4 is 10.1 Å². The Bertz CT molecular complexity index is 528. The van der Waals surface area contributed by atoms with Gasteiger partial charge in [0.25, 0.3) is 0 Å². The fourth-order valence-corrected chi connectivity index (χ4v) is 2.03. The van der Waals surface area contributed by atoms with Crippen LogP contribution in [-0.4, -0.2) is 17.6 Å². The van der Waals surface area contributed by atoms with E-state index in [0.29, 0.717) is 12.4 Å². The van der Waals surface area contributed by atoms with Gasteiger partial charge in [-0.05, 0) is 17.1 Å². The lowest BCUT2D eigenvalue weighted by molar-refractivity contribution is 0.139. The largest absolute Gasteiger partial charge is 0.480 e. The van der Waals surface area contributed by atoms with E-state index in [4.69, 9.17) is 9.47 Å². The van der Waals surface area contributed by atoms with E-state index in [9.17, 15) is 4.79 Å². The number of nitrogens with zero attached hydrogens (tertiary/aromatic N) is 1. The van der Waals surface area contributed by atoms with Gasteiger partial charge in [0, 0.05) is 10.9 Å². The summed E-state index contributed by atoms with van der Waals surface area (Å²) in [6, 6.07) is 11.3. The first-order valence-corrected chi connectivity index (χ1v) is 6.49. The zero-order valence-corrected chi connectivity index (χ0v) is 11.3. The van der Waals surface area contributed by atoms with Gasteiger partial charge in [-0.2, -0.15) is 4.37 Å². The molecule has 1 N–H and O–H groups in total. The maximum absolute atomic E-state index is 11.5. The third-order valence-corrected chi connectivity index (χ3v) is 3.13. The predicted molar refractivity (Wildman–Crippen MR) is 72.1 cm³/mol. The average molecular weight is 278 g/mol. The van der Waals surface area contributed by atoms with Crippen molar-refractivity contribution >= 4 is 17.6 Å². The smallest absolute Gasteiger partial charge is 0.407 e. The van der Waals surface area contributed by atoms with Crippen LogP contribution in [-0.2, 0) is 17.9 Å². The Kier molecular flexibility index (Phi) is 4.74. The first-order chi connectivity index (χ1) is 9.28. The van der Waals surface area contributed by atoms with Crippen molar-refractivity contribution in [1.82, 2.24) is 9.69 Å². The van der Waals surface area contributed by atoms with E-state index < -0.39 is 6.09 Å². The molecule has 5 nitrogen and oxygen atoms in total. The molecule has 0 unspecified atom stereocenters. The summed E-state index contributed by atoms with van der Waals surface area (Å²) in [7, 11) is 1.56. The number of amides is 1. The van der Waals surface area contributed by atoms with Gasteiger partial charge in [0.05, 0.1) is 13.7 Å². The average Bonchev–Trinajstić information content (AvgIpc) is 2.92. The van der Waals surface area contributed by atoms with Crippen LogP contribution in [0.3, 0.4) is 0 Å². The van der Waals surface area contributed by atoms with Crippen molar-refractivity contribution in [2.75, 3.05) is 7.11 Å². The molecule has 6 heteroatoms. The summed E-state index contributed by atoms with van der Waals surface area (Å²) in [5.74, 6) is 0.555. The molecule has 0 saturated heterocycles. The van der Waals surface area contributed by atoms with Crippen LogP contribution in [0.25, 0.3) is 0 Å². The lowest BCUT2D eigenvalue weighted by Crippen LogP contribution is -2.23. The number of aromatic nitrogens is 1. The van der Waals surface area contributed by atoms with Crippen molar-refractivity contribution in [1.29, 1.82) is 0 Å². The minimum absolute atomic E-state index is 0.263. The van der Waals surface area contributed by atoms with Crippen LogP contribution in [0.4, 0.5) is 4.79 Å². The van der Waals surface area contributed by atoms with Gasteiger partial charge in [0.2, 0.25) is 5.88 Å². The maximum atomic E-state index is 11.5. The Balaban J connectivity index is 1.73. The molecule has 1 aromatic carbocycles. The zero-order valence-electron chi connectivity index (χ0n) is 10.5. The Morgan fingerprint density at radius 3 is 2.84 bits per heavy atom. The van der Waals surface area contributed by atoms with E-state index in [1.165, 1.54) is 11.5 Å². The Morgan fingerprint density at radius 2 is 2.16 bits per heavy atom. The molecule has 0 atom stereocenters. The summed E-state index contributed by atoms with van der Waals surface area (Å²) in [5, 5.41) is 2.66. The Morgan fingerprint density at radius 1 is 1.37 bits per heavy atom. The molecule has 1 aromatic heterocycles. The third kappa shape index (κ3) is 4.26. The number of hydrogen-bond donors (Lipinski definition) is 1. The summed E-state index contributed by atoms with van der Waals surface area (Å²) in [4.78, 5) is 12.4.